The number of halogens is 1. The molecule has 7 nitrogen and oxygen atoms in total. The number of rotatable bonds is 5. The molecule has 3 aliphatic rings. The molecule has 0 unspecified atom stereocenters. The summed E-state index contributed by atoms with van der Waals surface area (Å²) in [5, 5.41) is 0. The number of nitrogens with zero attached hydrogens (tertiary/aromatic N) is 3. The SMILES string of the molecule is CC(C)[C@H]1C(=O)N(S(C)(=O)=O)[C@H]2CCN(C(=O)c3ccc(CN4CCCC4)cc3)[C@H]12.Cl. The monoisotopic (exact) mass is 469 g/mol. The Bertz CT molecular complexity index is 929. The van der Waals surface area contributed by atoms with Gasteiger partial charge in [-0.1, -0.05) is 26.0 Å². The molecule has 0 saturated carbocycles. The summed E-state index contributed by atoms with van der Waals surface area (Å²) < 4.78 is 25.6. The van der Waals surface area contributed by atoms with E-state index in [0.29, 0.717) is 18.5 Å². The van der Waals surface area contributed by atoms with Gasteiger partial charge in [0.2, 0.25) is 15.9 Å². The molecule has 0 aromatic heterocycles. The third-order valence-electron chi connectivity index (χ3n) is 6.73. The number of hydrogen-bond donors (Lipinski definition) is 0. The number of benzene rings is 1. The second kappa shape index (κ2) is 9.08. The van der Waals surface area contributed by atoms with Gasteiger partial charge < -0.3 is 4.90 Å². The van der Waals surface area contributed by atoms with Gasteiger partial charge in [-0.05, 0) is 56.0 Å². The van der Waals surface area contributed by atoms with Gasteiger partial charge in [0.25, 0.3) is 5.91 Å². The van der Waals surface area contributed by atoms with E-state index >= 15 is 0 Å². The van der Waals surface area contributed by atoms with E-state index in [2.05, 4.69) is 4.90 Å². The molecule has 3 saturated heterocycles. The van der Waals surface area contributed by atoms with Gasteiger partial charge in [-0.3, -0.25) is 14.5 Å². The number of likely N-dealkylation sites (tertiary alicyclic amines) is 2. The summed E-state index contributed by atoms with van der Waals surface area (Å²) in [5.41, 5.74) is 1.78. The molecule has 0 radical (unpaired) electrons. The predicted molar refractivity (Wildman–Crippen MR) is 121 cm³/mol. The van der Waals surface area contributed by atoms with Gasteiger partial charge in [-0.2, -0.15) is 0 Å². The smallest absolute Gasteiger partial charge is 0.254 e. The van der Waals surface area contributed by atoms with Gasteiger partial charge >= 0.3 is 0 Å². The van der Waals surface area contributed by atoms with Gasteiger partial charge in [0.1, 0.15) is 0 Å². The molecule has 1 aromatic carbocycles. The molecule has 0 N–H and O–H groups in total. The molecule has 3 fully saturated rings. The highest BCUT2D eigenvalue weighted by Gasteiger charge is 2.58. The van der Waals surface area contributed by atoms with Crippen LogP contribution in [-0.2, 0) is 21.4 Å². The zero-order valence-corrected chi connectivity index (χ0v) is 20.0. The Morgan fingerprint density at radius 1 is 1.10 bits per heavy atom. The lowest BCUT2D eigenvalue weighted by atomic mass is 9.88. The number of hydrogen-bond acceptors (Lipinski definition) is 5. The van der Waals surface area contributed by atoms with Crippen LogP contribution in [0.5, 0.6) is 0 Å². The van der Waals surface area contributed by atoms with Gasteiger partial charge in [0.05, 0.1) is 24.3 Å². The minimum atomic E-state index is -3.66. The Morgan fingerprint density at radius 2 is 1.71 bits per heavy atom. The van der Waals surface area contributed by atoms with Crippen LogP contribution in [0.3, 0.4) is 0 Å². The largest absolute Gasteiger partial charge is 0.333 e. The number of amides is 2. The van der Waals surface area contributed by atoms with Gasteiger partial charge in [0, 0.05) is 18.7 Å². The van der Waals surface area contributed by atoms with Crippen LogP contribution in [0.25, 0.3) is 0 Å². The summed E-state index contributed by atoms with van der Waals surface area (Å²) in [4.78, 5) is 30.4. The lowest BCUT2D eigenvalue weighted by Gasteiger charge is -2.29. The van der Waals surface area contributed by atoms with Crippen molar-refractivity contribution >= 4 is 34.2 Å². The number of fused-ring (bicyclic) bond motifs is 1. The average molecular weight is 470 g/mol. The molecular formula is C22H32ClN3O4S. The highest BCUT2D eigenvalue weighted by atomic mass is 35.5. The number of carbonyl (C=O) groups excluding carboxylic acids is 2. The van der Waals surface area contributed by atoms with Crippen molar-refractivity contribution in [3.63, 3.8) is 0 Å². The van der Waals surface area contributed by atoms with Crippen LogP contribution in [0.15, 0.2) is 24.3 Å². The molecule has 0 bridgehead atoms. The van der Waals surface area contributed by atoms with Crippen molar-refractivity contribution in [3.8, 4) is 0 Å². The van der Waals surface area contributed by atoms with E-state index in [1.54, 1.807) is 4.90 Å². The van der Waals surface area contributed by atoms with Crippen LogP contribution in [0.4, 0.5) is 0 Å². The maximum absolute atomic E-state index is 13.3. The number of carbonyl (C=O) groups is 2. The van der Waals surface area contributed by atoms with Gasteiger partial charge in [0.15, 0.2) is 0 Å². The quantitative estimate of drug-likeness (QED) is 0.661. The van der Waals surface area contributed by atoms with E-state index in [9.17, 15) is 18.0 Å². The maximum atomic E-state index is 13.3. The Kier molecular flexibility index (Phi) is 7.03. The Morgan fingerprint density at radius 3 is 2.26 bits per heavy atom. The molecule has 3 aliphatic heterocycles. The highest BCUT2D eigenvalue weighted by molar-refractivity contribution is 7.88. The van der Waals surface area contributed by atoms with Crippen molar-refractivity contribution in [2.45, 2.75) is 51.7 Å². The van der Waals surface area contributed by atoms with Crippen molar-refractivity contribution in [2.24, 2.45) is 11.8 Å². The van der Waals surface area contributed by atoms with Crippen LogP contribution in [0.1, 0.15) is 49.0 Å². The molecule has 31 heavy (non-hydrogen) atoms. The second-order valence-electron chi connectivity index (χ2n) is 9.19. The average Bonchev–Trinajstić information content (AvgIpc) is 3.37. The van der Waals surface area contributed by atoms with Crippen LogP contribution in [-0.4, -0.2) is 72.3 Å². The van der Waals surface area contributed by atoms with E-state index in [4.69, 9.17) is 0 Å². The van der Waals surface area contributed by atoms with E-state index in [-0.39, 0.29) is 30.1 Å². The van der Waals surface area contributed by atoms with E-state index < -0.39 is 28.0 Å². The Labute approximate surface area is 191 Å². The van der Waals surface area contributed by atoms with Crippen LogP contribution >= 0.6 is 12.4 Å². The lowest BCUT2D eigenvalue weighted by molar-refractivity contribution is -0.129. The first-order valence-electron chi connectivity index (χ1n) is 10.8. The molecule has 172 valence electrons. The summed E-state index contributed by atoms with van der Waals surface area (Å²) in [5.74, 6) is -1.04. The summed E-state index contributed by atoms with van der Waals surface area (Å²) in [7, 11) is -3.66. The standard InChI is InChI=1S/C22H31N3O4S.ClH/c1-15(2)19-20-18(25(22(19)27)30(3,28)29)10-13-24(20)21(26)17-8-6-16(7-9-17)14-23-11-4-5-12-23;/h6-9,15,18-20H,4-5,10-14H2,1-3H3;1H/t18-,19+,20-;/m0./s1. The molecule has 0 aliphatic carbocycles. The Hall–Kier alpha value is -1.64. The molecule has 1 aromatic rings. The molecule has 3 heterocycles. The minimum Gasteiger partial charge on any atom is -0.333 e. The first-order chi connectivity index (χ1) is 14.2. The molecular weight excluding hydrogens is 438 g/mol. The fourth-order valence-corrected chi connectivity index (χ4v) is 6.56. The third kappa shape index (κ3) is 4.47. The van der Waals surface area contributed by atoms with E-state index in [0.717, 1.165) is 30.2 Å². The number of sulfonamides is 1. The zero-order valence-electron chi connectivity index (χ0n) is 18.4. The van der Waals surface area contributed by atoms with Crippen LogP contribution < -0.4 is 0 Å². The molecule has 2 amide bonds. The second-order valence-corrected chi connectivity index (χ2v) is 11.1. The summed E-state index contributed by atoms with van der Waals surface area (Å²) >= 11 is 0. The molecule has 3 atom stereocenters. The maximum Gasteiger partial charge on any atom is 0.254 e. The fourth-order valence-electron chi connectivity index (χ4n) is 5.39. The van der Waals surface area contributed by atoms with Crippen LogP contribution in [0, 0.1) is 11.8 Å². The fraction of sp³-hybridized carbons (Fsp3) is 0.636. The van der Waals surface area contributed by atoms with Crippen LogP contribution in [0.2, 0.25) is 0 Å². The van der Waals surface area contributed by atoms with Crippen molar-refractivity contribution in [3.05, 3.63) is 35.4 Å². The Balaban J connectivity index is 0.00000272. The first kappa shape index (κ1) is 24.0. The van der Waals surface area contributed by atoms with Crippen molar-refractivity contribution < 1.29 is 18.0 Å². The zero-order chi connectivity index (χ0) is 21.6. The molecule has 4 rings (SSSR count). The molecule has 0 spiro atoms. The highest BCUT2D eigenvalue weighted by Crippen LogP contribution is 2.41. The van der Waals surface area contributed by atoms with Crippen molar-refractivity contribution in [1.29, 1.82) is 0 Å². The summed E-state index contributed by atoms with van der Waals surface area (Å²) in [6.45, 7) is 7.44. The topological polar surface area (TPSA) is 78.0 Å². The van der Waals surface area contributed by atoms with Gasteiger partial charge in [-0.15, -0.1) is 12.4 Å². The van der Waals surface area contributed by atoms with Crippen molar-refractivity contribution in [2.75, 3.05) is 25.9 Å². The third-order valence-corrected chi connectivity index (χ3v) is 7.90. The summed E-state index contributed by atoms with van der Waals surface area (Å²) in [6.07, 6.45) is 4.06. The lowest BCUT2D eigenvalue weighted by Crippen LogP contribution is -2.44. The van der Waals surface area contributed by atoms with Crippen molar-refractivity contribution in [1.82, 2.24) is 14.1 Å². The van der Waals surface area contributed by atoms with E-state index in [1.807, 2.05) is 38.1 Å². The minimum absolute atomic E-state index is 0. The molecule has 9 heteroatoms. The van der Waals surface area contributed by atoms with E-state index in [1.165, 1.54) is 18.4 Å². The normalized spacial score (nSPS) is 26.5. The first-order valence-corrected chi connectivity index (χ1v) is 12.7. The summed E-state index contributed by atoms with van der Waals surface area (Å²) in [6, 6.07) is 6.86. The van der Waals surface area contributed by atoms with Gasteiger partial charge in [-0.25, -0.2) is 12.7 Å². The predicted octanol–water partition coefficient (Wildman–Crippen LogP) is 2.36.